The van der Waals surface area contributed by atoms with E-state index in [4.69, 9.17) is 5.11 Å². The molecule has 0 unspecified atom stereocenters. The van der Waals surface area contributed by atoms with Crippen molar-refractivity contribution in [2.24, 2.45) is 5.41 Å². The topological polar surface area (TPSA) is 49.6 Å². The van der Waals surface area contributed by atoms with E-state index >= 15 is 0 Å². The fraction of sp³-hybridized carbons (Fsp3) is 0.643. The highest BCUT2D eigenvalue weighted by molar-refractivity contribution is 7.15. The summed E-state index contributed by atoms with van der Waals surface area (Å²) in [7, 11) is 0. The fourth-order valence-electron chi connectivity index (χ4n) is 2.75. The highest BCUT2D eigenvalue weighted by Gasteiger charge is 2.41. The number of nitrogens with zero attached hydrogens (tertiary/aromatic N) is 2. The van der Waals surface area contributed by atoms with Gasteiger partial charge in [-0.3, -0.25) is 4.40 Å². The number of hydrogen-bond donors (Lipinski definition) is 2. The van der Waals surface area contributed by atoms with Crippen LogP contribution in [0.5, 0.6) is 0 Å². The number of aromatic nitrogens is 2. The molecule has 0 spiro atoms. The van der Waals surface area contributed by atoms with E-state index in [1.807, 2.05) is 0 Å². The molecule has 0 bridgehead atoms. The Morgan fingerprint density at radius 1 is 1.47 bits per heavy atom. The molecule has 0 radical (unpaired) electrons. The third-order valence-corrected chi connectivity index (χ3v) is 5.17. The van der Waals surface area contributed by atoms with Crippen LogP contribution in [0.2, 0.25) is 0 Å². The molecule has 4 nitrogen and oxygen atoms in total. The summed E-state index contributed by atoms with van der Waals surface area (Å²) < 4.78 is 2.25. The molecular formula is C14H21N3OS. The third-order valence-electron chi connectivity index (χ3n) is 4.22. The Hall–Kier alpha value is -0.910. The Labute approximate surface area is 117 Å². The number of rotatable bonds is 6. The summed E-state index contributed by atoms with van der Waals surface area (Å²) in [6.45, 7) is 6.38. The summed E-state index contributed by atoms with van der Waals surface area (Å²) in [5.74, 6) is 0. The number of fused-ring (bicyclic) bond motifs is 1. The molecule has 0 atom stereocenters. The Bertz CT molecular complexity index is 583. The van der Waals surface area contributed by atoms with Gasteiger partial charge in [0.25, 0.3) is 0 Å². The molecule has 1 saturated carbocycles. The SMILES string of the molecule is Cc1nc2scc(C)n2c1CNCC1(CCO)CC1. The lowest BCUT2D eigenvalue weighted by molar-refractivity contribution is 0.245. The van der Waals surface area contributed by atoms with Gasteiger partial charge in [-0.15, -0.1) is 11.3 Å². The molecule has 0 amide bonds. The van der Waals surface area contributed by atoms with Crippen LogP contribution in [0.1, 0.15) is 36.3 Å². The average Bonchev–Trinajstić information content (AvgIpc) is 2.94. The first kappa shape index (κ1) is 13.1. The van der Waals surface area contributed by atoms with Crippen molar-refractivity contribution < 1.29 is 5.11 Å². The number of aliphatic hydroxyl groups excluding tert-OH is 1. The second kappa shape index (κ2) is 4.89. The molecule has 3 rings (SSSR count). The predicted octanol–water partition coefficient (Wildman–Crippen LogP) is 2.26. The maximum absolute atomic E-state index is 9.08. The van der Waals surface area contributed by atoms with Gasteiger partial charge in [0.2, 0.25) is 0 Å². The van der Waals surface area contributed by atoms with Gasteiger partial charge in [-0.05, 0) is 38.5 Å². The van der Waals surface area contributed by atoms with Crippen molar-refractivity contribution in [2.75, 3.05) is 13.2 Å². The van der Waals surface area contributed by atoms with Gasteiger partial charge in [0.15, 0.2) is 4.96 Å². The zero-order valence-electron chi connectivity index (χ0n) is 11.6. The molecule has 19 heavy (non-hydrogen) atoms. The van der Waals surface area contributed by atoms with Crippen molar-refractivity contribution in [3.63, 3.8) is 0 Å². The van der Waals surface area contributed by atoms with Gasteiger partial charge in [0, 0.05) is 30.8 Å². The second-order valence-electron chi connectivity index (χ2n) is 5.72. The lowest BCUT2D eigenvalue weighted by Gasteiger charge is -2.14. The van der Waals surface area contributed by atoms with E-state index in [0.29, 0.717) is 12.0 Å². The number of aryl methyl sites for hydroxylation is 2. The average molecular weight is 279 g/mol. The molecule has 0 saturated heterocycles. The minimum Gasteiger partial charge on any atom is -0.396 e. The molecule has 1 aliphatic rings. The summed E-state index contributed by atoms with van der Waals surface area (Å²) in [5, 5.41) is 14.8. The fourth-order valence-corrected chi connectivity index (χ4v) is 3.68. The number of imidazole rings is 1. The van der Waals surface area contributed by atoms with E-state index in [1.54, 1.807) is 11.3 Å². The smallest absolute Gasteiger partial charge is 0.194 e. The summed E-state index contributed by atoms with van der Waals surface area (Å²) in [6, 6.07) is 0. The van der Waals surface area contributed by atoms with Gasteiger partial charge in [-0.1, -0.05) is 0 Å². The third kappa shape index (κ3) is 2.42. The Balaban J connectivity index is 1.68. The standard InChI is InChI=1S/C14H21N3OS/c1-10-8-19-13-16-11(2)12(17(10)13)7-15-9-14(3-4-14)5-6-18/h8,15,18H,3-7,9H2,1-2H3. The van der Waals surface area contributed by atoms with Crippen molar-refractivity contribution in [3.05, 3.63) is 22.5 Å². The summed E-state index contributed by atoms with van der Waals surface area (Å²) in [5.41, 5.74) is 4.02. The van der Waals surface area contributed by atoms with Crippen LogP contribution in [0.25, 0.3) is 4.96 Å². The molecule has 2 aromatic rings. The lowest BCUT2D eigenvalue weighted by atomic mass is 10.0. The number of aliphatic hydroxyl groups is 1. The minimum atomic E-state index is 0.307. The molecule has 2 aromatic heterocycles. The van der Waals surface area contributed by atoms with Crippen LogP contribution >= 0.6 is 11.3 Å². The maximum atomic E-state index is 9.08. The second-order valence-corrected chi connectivity index (χ2v) is 6.55. The van der Waals surface area contributed by atoms with Gasteiger partial charge < -0.3 is 10.4 Å². The molecule has 1 fully saturated rings. The number of thiazole rings is 1. The first-order valence-corrected chi connectivity index (χ1v) is 7.77. The van der Waals surface area contributed by atoms with E-state index < -0.39 is 0 Å². The van der Waals surface area contributed by atoms with Gasteiger partial charge in [0.1, 0.15) is 0 Å². The van der Waals surface area contributed by atoms with E-state index in [0.717, 1.165) is 30.2 Å². The Morgan fingerprint density at radius 2 is 2.26 bits per heavy atom. The van der Waals surface area contributed by atoms with Crippen LogP contribution in [0.4, 0.5) is 0 Å². The van der Waals surface area contributed by atoms with Gasteiger partial charge >= 0.3 is 0 Å². The highest BCUT2D eigenvalue weighted by Crippen LogP contribution is 2.47. The normalized spacial score (nSPS) is 17.2. The van der Waals surface area contributed by atoms with Crippen molar-refractivity contribution >= 4 is 16.3 Å². The quantitative estimate of drug-likeness (QED) is 0.853. The van der Waals surface area contributed by atoms with E-state index in [1.165, 1.54) is 24.2 Å². The van der Waals surface area contributed by atoms with E-state index in [9.17, 15) is 0 Å². The van der Waals surface area contributed by atoms with Crippen LogP contribution in [-0.4, -0.2) is 27.6 Å². The molecule has 2 heterocycles. The molecule has 104 valence electrons. The maximum Gasteiger partial charge on any atom is 0.194 e. The molecule has 0 aliphatic heterocycles. The summed E-state index contributed by atoms with van der Waals surface area (Å²) in [4.78, 5) is 5.69. The van der Waals surface area contributed by atoms with Gasteiger partial charge in [-0.25, -0.2) is 4.98 Å². The lowest BCUT2D eigenvalue weighted by Crippen LogP contribution is -2.25. The zero-order chi connectivity index (χ0) is 13.5. The molecule has 0 aromatic carbocycles. The van der Waals surface area contributed by atoms with Crippen molar-refractivity contribution in [1.29, 1.82) is 0 Å². The highest BCUT2D eigenvalue weighted by atomic mass is 32.1. The largest absolute Gasteiger partial charge is 0.396 e. The predicted molar refractivity (Wildman–Crippen MR) is 77.6 cm³/mol. The van der Waals surface area contributed by atoms with Crippen molar-refractivity contribution in [3.8, 4) is 0 Å². The Kier molecular flexibility index (Phi) is 3.37. The van der Waals surface area contributed by atoms with E-state index in [2.05, 4.69) is 33.9 Å². The van der Waals surface area contributed by atoms with Gasteiger partial charge in [-0.2, -0.15) is 0 Å². The monoisotopic (exact) mass is 279 g/mol. The minimum absolute atomic E-state index is 0.307. The number of nitrogens with one attached hydrogen (secondary N) is 1. The van der Waals surface area contributed by atoms with Gasteiger partial charge in [0.05, 0.1) is 11.4 Å². The zero-order valence-corrected chi connectivity index (χ0v) is 12.4. The van der Waals surface area contributed by atoms with E-state index in [-0.39, 0.29) is 0 Å². The van der Waals surface area contributed by atoms with Crippen molar-refractivity contribution in [2.45, 2.75) is 39.7 Å². The first-order valence-electron chi connectivity index (χ1n) is 6.89. The Morgan fingerprint density at radius 3 is 2.95 bits per heavy atom. The number of hydrogen-bond acceptors (Lipinski definition) is 4. The molecule has 2 N–H and O–H groups in total. The summed E-state index contributed by atoms with van der Waals surface area (Å²) >= 11 is 1.70. The summed E-state index contributed by atoms with van der Waals surface area (Å²) in [6.07, 6.45) is 3.43. The van der Waals surface area contributed by atoms with Crippen LogP contribution in [0.3, 0.4) is 0 Å². The molecular weight excluding hydrogens is 258 g/mol. The van der Waals surface area contributed by atoms with Crippen LogP contribution in [-0.2, 0) is 6.54 Å². The van der Waals surface area contributed by atoms with Crippen LogP contribution in [0, 0.1) is 19.3 Å². The van der Waals surface area contributed by atoms with Crippen LogP contribution < -0.4 is 5.32 Å². The van der Waals surface area contributed by atoms with Crippen molar-refractivity contribution in [1.82, 2.24) is 14.7 Å². The van der Waals surface area contributed by atoms with Crippen LogP contribution in [0.15, 0.2) is 5.38 Å². The first-order chi connectivity index (χ1) is 9.15. The molecule has 1 aliphatic carbocycles. The molecule has 5 heteroatoms.